The van der Waals surface area contributed by atoms with Gasteiger partial charge in [0.05, 0.1) is 18.6 Å². The van der Waals surface area contributed by atoms with Crippen LogP contribution in [0.5, 0.6) is 11.5 Å². The first kappa shape index (κ1) is 22.7. The van der Waals surface area contributed by atoms with Crippen LogP contribution in [-0.2, 0) is 11.2 Å². The Balaban J connectivity index is 1.64. The van der Waals surface area contributed by atoms with Gasteiger partial charge in [-0.15, -0.1) is 11.3 Å². The smallest absolute Gasteiger partial charge is 0.229 e. The van der Waals surface area contributed by atoms with E-state index in [1.807, 2.05) is 60.7 Å². The van der Waals surface area contributed by atoms with Crippen LogP contribution in [0, 0.1) is 0 Å². The van der Waals surface area contributed by atoms with Crippen molar-refractivity contribution in [3.8, 4) is 21.9 Å². The van der Waals surface area contributed by atoms with Crippen molar-refractivity contribution in [3.63, 3.8) is 0 Å². The van der Waals surface area contributed by atoms with E-state index in [9.17, 15) is 20.4 Å². The lowest BCUT2D eigenvalue weighted by molar-refractivity contribution is -0.277. The van der Waals surface area contributed by atoms with Crippen molar-refractivity contribution in [2.45, 2.75) is 37.1 Å². The average molecular weight is 459 g/mol. The fourth-order valence-electron chi connectivity index (χ4n) is 3.60. The molecule has 1 fully saturated rings. The lowest BCUT2D eigenvalue weighted by Crippen LogP contribution is -2.60. The fourth-order valence-corrected chi connectivity index (χ4v) is 4.73. The summed E-state index contributed by atoms with van der Waals surface area (Å²) in [6.07, 6.45) is -6.09. The Morgan fingerprint density at radius 2 is 1.66 bits per heavy atom. The highest BCUT2D eigenvalue weighted by atomic mass is 32.1. The Kier molecular flexibility index (Phi) is 7.10. The summed E-state index contributed by atoms with van der Waals surface area (Å²) in [5.41, 5.74) is 2.07. The van der Waals surface area contributed by atoms with Gasteiger partial charge in [-0.1, -0.05) is 42.5 Å². The van der Waals surface area contributed by atoms with E-state index in [2.05, 4.69) is 0 Å². The molecule has 1 aromatic heterocycles. The van der Waals surface area contributed by atoms with E-state index < -0.39 is 37.3 Å². The minimum Gasteiger partial charge on any atom is -0.497 e. The largest absolute Gasteiger partial charge is 0.497 e. The highest BCUT2D eigenvalue weighted by molar-refractivity contribution is 7.15. The van der Waals surface area contributed by atoms with Crippen molar-refractivity contribution in [3.05, 3.63) is 71.1 Å². The molecule has 2 heterocycles. The molecule has 0 radical (unpaired) electrons. The zero-order valence-corrected chi connectivity index (χ0v) is 18.3. The lowest BCUT2D eigenvalue weighted by atomic mass is 9.99. The molecule has 5 atom stereocenters. The van der Waals surface area contributed by atoms with Gasteiger partial charge in [0.25, 0.3) is 0 Å². The van der Waals surface area contributed by atoms with Crippen LogP contribution in [0.1, 0.15) is 10.4 Å². The summed E-state index contributed by atoms with van der Waals surface area (Å²) in [5, 5.41) is 40.0. The number of hydrogen-bond acceptors (Lipinski definition) is 8. The first-order valence-corrected chi connectivity index (χ1v) is 11.1. The van der Waals surface area contributed by atoms with E-state index in [1.165, 1.54) is 0 Å². The van der Waals surface area contributed by atoms with Crippen LogP contribution < -0.4 is 9.47 Å². The minimum absolute atomic E-state index is 0.508. The first-order chi connectivity index (χ1) is 15.5. The summed E-state index contributed by atoms with van der Waals surface area (Å²) in [7, 11) is 1.62. The predicted octanol–water partition coefficient (Wildman–Crippen LogP) is 2.19. The number of benzene rings is 2. The molecule has 170 valence electrons. The SMILES string of the molecule is COc1ccc(Cc2sc(-c3ccccc3)cc2OC2OC(CO)C(O)C(O)C2O)cc1. The second kappa shape index (κ2) is 9.99. The zero-order valence-electron chi connectivity index (χ0n) is 17.5. The number of hydrogen-bond donors (Lipinski definition) is 4. The Hall–Kier alpha value is -2.46. The van der Waals surface area contributed by atoms with Gasteiger partial charge in [-0.05, 0) is 29.3 Å². The molecule has 32 heavy (non-hydrogen) atoms. The summed E-state index contributed by atoms with van der Waals surface area (Å²) in [5.74, 6) is 1.27. The quantitative estimate of drug-likeness (QED) is 0.430. The monoisotopic (exact) mass is 458 g/mol. The number of aliphatic hydroxyl groups excluding tert-OH is 4. The Morgan fingerprint density at radius 1 is 0.938 bits per heavy atom. The second-order valence-electron chi connectivity index (χ2n) is 7.60. The highest BCUT2D eigenvalue weighted by Crippen LogP contribution is 2.39. The molecule has 0 amide bonds. The molecule has 0 spiro atoms. The van der Waals surface area contributed by atoms with E-state index in [4.69, 9.17) is 14.2 Å². The van der Waals surface area contributed by atoms with Crippen LogP contribution in [0.2, 0.25) is 0 Å². The van der Waals surface area contributed by atoms with Crippen molar-refractivity contribution < 1.29 is 34.6 Å². The number of ether oxygens (including phenoxy) is 3. The Morgan fingerprint density at radius 3 is 2.31 bits per heavy atom. The molecular formula is C24H26O7S. The van der Waals surface area contributed by atoms with Crippen LogP contribution in [0.4, 0.5) is 0 Å². The Bertz CT molecular complexity index is 1000. The van der Waals surface area contributed by atoms with Crippen LogP contribution in [0.15, 0.2) is 60.7 Å². The topological polar surface area (TPSA) is 109 Å². The van der Waals surface area contributed by atoms with E-state index >= 15 is 0 Å². The maximum absolute atomic E-state index is 10.4. The van der Waals surface area contributed by atoms with Crippen LogP contribution >= 0.6 is 11.3 Å². The lowest BCUT2D eigenvalue weighted by Gasteiger charge is -2.39. The van der Waals surface area contributed by atoms with Crippen LogP contribution in [0.3, 0.4) is 0 Å². The summed E-state index contributed by atoms with van der Waals surface area (Å²) in [6.45, 7) is -0.511. The summed E-state index contributed by atoms with van der Waals surface area (Å²) < 4.78 is 16.8. The van der Waals surface area contributed by atoms with E-state index in [1.54, 1.807) is 18.4 Å². The summed E-state index contributed by atoms with van der Waals surface area (Å²) in [4.78, 5) is 1.89. The molecule has 1 saturated heterocycles. The maximum Gasteiger partial charge on any atom is 0.229 e. The summed E-state index contributed by atoms with van der Waals surface area (Å²) >= 11 is 1.56. The zero-order chi connectivity index (χ0) is 22.7. The first-order valence-electron chi connectivity index (χ1n) is 10.3. The maximum atomic E-state index is 10.4. The standard InChI is InChI=1S/C24H26O7S/c1-29-16-9-7-14(8-10-16)11-20-17(12-19(32-20)15-5-3-2-4-6-15)30-24-23(28)22(27)21(26)18(13-25)31-24/h2-10,12,18,21-28H,11,13H2,1H3. The van der Waals surface area contributed by atoms with Crippen LogP contribution in [0.25, 0.3) is 10.4 Å². The molecular weight excluding hydrogens is 432 g/mol. The summed E-state index contributed by atoms with van der Waals surface area (Å²) in [6, 6.07) is 19.4. The van der Waals surface area contributed by atoms with Gasteiger partial charge in [0.2, 0.25) is 6.29 Å². The molecule has 3 aromatic rings. The molecule has 0 aliphatic carbocycles. The molecule has 0 bridgehead atoms. The van der Waals surface area contributed by atoms with Crippen molar-refractivity contribution in [1.82, 2.24) is 0 Å². The van der Waals surface area contributed by atoms with E-state index in [-0.39, 0.29) is 0 Å². The Labute approximate surface area is 190 Å². The third-order valence-corrected chi connectivity index (χ3v) is 6.61. The predicted molar refractivity (Wildman–Crippen MR) is 120 cm³/mol. The van der Waals surface area contributed by atoms with E-state index in [0.717, 1.165) is 26.6 Å². The third-order valence-electron chi connectivity index (χ3n) is 5.44. The van der Waals surface area contributed by atoms with Gasteiger partial charge >= 0.3 is 0 Å². The molecule has 0 saturated carbocycles. The molecule has 8 heteroatoms. The van der Waals surface area contributed by atoms with Crippen molar-refractivity contribution in [2.24, 2.45) is 0 Å². The molecule has 1 aliphatic rings. The normalized spacial score (nSPS) is 25.5. The van der Waals surface area contributed by atoms with E-state index in [0.29, 0.717) is 12.2 Å². The minimum atomic E-state index is -1.50. The van der Waals surface area contributed by atoms with Gasteiger partial charge in [0.1, 0.15) is 35.9 Å². The van der Waals surface area contributed by atoms with Gasteiger partial charge in [-0.2, -0.15) is 0 Å². The fraction of sp³-hybridized carbons (Fsp3) is 0.333. The molecule has 4 N–H and O–H groups in total. The number of aliphatic hydroxyl groups is 4. The molecule has 7 nitrogen and oxygen atoms in total. The third kappa shape index (κ3) is 4.80. The van der Waals surface area contributed by atoms with Crippen molar-refractivity contribution in [2.75, 3.05) is 13.7 Å². The number of methoxy groups -OCH3 is 1. The molecule has 2 aromatic carbocycles. The molecule has 4 rings (SSSR count). The van der Waals surface area contributed by atoms with Gasteiger partial charge in [-0.3, -0.25) is 0 Å². The van der Waals surface area contributed by atoms with Crippen molar-refractivity contribution in [1.29, 1.82) is 0 Å². The molecule has 5 unspecified atom stereocenters. The second-order valence-corrected chi connectivity index (χ2v) is 8.74. The van der Waals surface area contributed by atoms with Gasteiger partial charge in [0, 0.05) is 11.3 Å². The highest BCUT2D eigenvalue weighted by Gasteiger charge is 2.45. The van der Waals surface area contributed by atoms with Gasteiger partial charge in [0.15, 0.2) is 0 Å². The van der Waals surface area contributed by atoms with Gasteiger partial charge < -0.3 is 34.6 Å². The molecule has 1 aliphatic heterocycles. The van der Waals surface area contributed by atoms with Crippen molar-refractivity contribution >= 4 is 11.3 Å². The van der Waals surface area contributed by atoms with Crippen LogP contribution in [-0.4, -0.2) is 64.8 Å². The average Bonchev–Trinajstić information content (AvgIpc) is 3.22. The number of thiophene rings is 1. The number of rotatable bonds is 7. The van der Waals surface area contributed by atoms with Gasteiger partial charge in [-0.25, -0.2) is 0 Å².